The summed E-state index contributed by atoms with van der Waals surface area (Å²) >= 11 is 7.15. The molecule has 10 heteroatoms. The van der Waals surface area contributed by atoms with E-state index in [0.717, 1.165) is 22.6 Å². The van der Waals surface area contributed by atoms with Crippen molar-refractivity contribution in [3.8, 4) is 0 Å². The van der Waals surface area contributed by atoms with Crippen LogP contribution in [0.25, 0.3) is 0 Å². The van der Waals surface area contributed by atoms with Gasteiger partial charge in [-0.3, -0.25) is 4.79 Å². The third-order valence-corrected chi connectivity index (χ3v) is 8.45. The molecule has 0 aliphatic carbocycles. The number of sulfonamides is 1. The molecule has 0 spiro atoms. The van der Waals surface area contributed by atoms with Crippen LogP contribution in [0.5, 0.6) is 0 Å². The average molecular weight is 494 g/mol. The van der Waals surface area contributed by atoms with Crippen molar-refractivity contribution < 1.29 is 17.6 Å². The van der Waals surface area contributed by atoms with Crippen molar-refractivity contribution in [2.45, 2.75) is 11.4 Å². The molecular weight excluding hydrogens is 473 g/mol. The first-order chi connectivity index (χ1) is 15.3. The topological polar surface area (TPSA) is 69.7 Å². The minimum Gasteiger partial charge on any atom is -0.369 e. The van der Waals surface area contributed by atoms with Crippen LogP contribution in [-0.4, -0.2) is 44.8 Å². The van der Waals surface area contributed by atoms with Crippen molar-refractivity contribution in [1.29, 1.82) is 0 Å². The lowest BCUT2D eigenvalue weighted by molar-refractivity contribution is 0.0952. The van der Waals surface area contributed by atoms with Crippen molar-refractivity contribution in [1.82, 2.24) is 9.62 Å². The minimum atomic E-state index is -3.82. The fourth-order valence-electron chi connectivity index (χ4n) is 3.53. The van der Waals surface area contributed by atoms with Gasteiger partial charge in [0.25, 0.3) is 5.91 Å². The second kappa shape index (κ2) is 9.58. The molecule has 0 radical (unpaired) electrons. The molecule has 3 aromatic rings. The molecule has 1 aliphatic rings. The number of halogens is 2. The van der Waals surface area contributed by atoms with Crippen molar-refractivity contribution in [2.24, 2.45) is 0 Å². The summed E-state index contributed by atoms with van der Waals surface area (Å²) in [6.45, 7) is 1.84. The number of rotatable bonds is 6. The molecule has 1 aromatic heterocycles. The Hall–Kier alpha value is -2.46. The Balaban J connectivity index is 1.43. The molecule has 2 heterocycles. The van der Waals surface area contributed by atoms with E-state index in [1.165, 1.54) is 22.5 Å². The molecule has 1 saturated heterocycles. The highest BCUT2D eigenvalue weighted by atomic mass is 35.5. The van der Waals surface area contributed by atoms with Crippen LogP contribution in [-0.2, 0) is 16.6 Å². The van der Waals surface area contributed by atoms with Crippen LogP contribution in [0, 0.1) is 5.82 Å². The highest BCUT2D eigenvalue weighted by molar-refractivity contribution is 7.89. The van der Waals surface area contributed by atoms with E-state index in [4.69, 9.17) is 11.6 Å². The van der Waals surface area contributed by atoms with Crippen LogP contribution >= 0.6 is 22.9 Å². The predicted molar refractivity (Wildman–Crippen MR) is 124 cm³/mol. The summed E-state index contributed by atoms with van der Waals surface area (Å²) in [5.74, 6) is -0.831. The summed E-state index contributed by atoms with van der Waals surface area (Å²) in [5.41, 5.74) is 1.67. The van der Waals surface area contributed by atoms with Crippen molar-refractivity contribution in [3.05, 3.63) is 81.3 Å². The standard InChI is InChI=1S/C22H21ClFN3O3S2/c23-17-2-1-3-19(14-17)26-9-11-27(12-10-26)32(29,30)20-8-13-31-21(20)22(28)25-15-16-4-6-18(24)7-5-16/h1-8,13-14H,9-12,15H2,(H,25,28). The van der Waals surface area contributed by atoms with Crippen LogP contribution in [0.4, 0.5) is 10.1 Å². The summed E-state index contributed by atoms with van der Waals surface area (Å²) in [7, 11) is -3.82. The van der Waals surface area contributed by atoms with Gasteiger partial charge in [0.1, 0.15) is 15.6 Å². The second-order valence-corrected chi connectivity index (χ2v) is 10.6. The Bertz CT molecular complexity index is 1210. The number of hydrogen-bond acceptors (Lipinski definition) is 5. The summed E-state index contributed by atoms with van der Waals surface area (Å²) in [6, 6.07) is 14.7. The molecule has 0 unspecified atom stereocenters. The largest absolute Gasteiger partial charge is 0.369 e. The Kier molecular flexibility index (Phi) is 6.80. The molecule has 6 nitrogen and oxygen atoms in total. The van der Waals surface area contributed by atoms with E-state index in [2.05, 4.69) is 10.2 Å². The molecule has 168 valence electrons. The monoisotopic (exact) mass is 493 g/mol. The van der Waals surface area contributed by atoms with Crippen LogP contribution in [0.1, 0.15) is 15.2 Å². The van der Waals surface area contributed by atoms with Gasteiger partial charge in [-0.05, 0) is 47.3 Å². The van der Waals surface area contributed by atoms with E-state index < -0.39 is 15.9 Å². The Labute approximate surface area is 195 Å². The number of amides is 1. The Morgan fingerprint density at radius 1 is 1.06 bits per heavy atom. The number of anilines is 1. The number of piperazine rings is 1. The van der Waals surface area contributed by atoms with E-state index in [1.807, 2.05) is 18.2 Å². The van der Waals surface area contributed by atoms with Crippen molar-refractivity contribution >= 4 is 44.6 Å². The smallest absolute Gasteiger partial charge is 0.263 e. The van der Waals surface area contributed by atoms with Gasteiger partial charge in [0.2, 0.25) is 10.0 Å². The molecule has 0 saturated carbocycles. The first kappa shape index (κ1) is 22.7. The maximum Gasteiger partial charge on any atom is 0.263 e. The van der Waals surface area contributed by atoms with Gasteiger partial charge in [-0.15, -0.1) is 11.3 Å². The predicted octanol–water partition coefficient (Wildman–Crippen LogP) is 3.98. The van der Waals surface area contributed by atoms with Crippen LogP contribution in [0.15, 0.2) is 64.9 Å². The minimum absolute atomic E-state index is 0.00955. The zero-order valence-electron chi connectivity index (χ0n) is 17.0. The quantitative estimate of drug-likeness (QED) is 0.564. The first-order valence-corrected chi connectivity index (χ1v) is 12.6. The highest BCUT2D eigenvalue weighted by Gasteiger charge is 2.32. The number of benzene rings is 2. The number of thiophene rings is 1. The number of nitrogens with zero attached hydrogens (tertiary/aromatic N) is 2. The Morgan fingerprint density at radius 2 is 1.78 bits per heavy atom. The van der Waals surface area contributed by atoms with Crippen molar-refractivity contribution in [3.63, 3.8) is 0 Å². The molecule has 1 amide bonds. The summed E-state index contributed by atoms with van der Waals surface area (Å²) in [6.07, 6.45) is 0. The molecule has 1 aliphatic heterocycles. The van der Waals surface area contributed by atoms with Gasteiger partial charge in [-0.2, -0.15) is 4.31 Å². The van der Waals surface area contributed by atoms with Gasteiger partial charge in [0.05, 0.1) is 0 Å². The number of carbonyl (C=O) groups excluding carboxylic acids is 1. The zero-order chi connectivity index (χ0) is 22.7. The normalized spacial score (nSPS) is 15.0. The fraction of sp³-hybridized carbons (Fsp3) is 0.227. The third kappa shape index (κ3) is 4.96. The highest BCUT2D eigenvalue weighted by Crippen LogP contribution is 2.27. The van der Waals surface area contributed by atoms with Crippen LogP contribution in [0.3, 0.4) is 0 Å². The van der Waals surface area contributed by atoms with Gasteiger partial charge >= 0.3 is 0 Å². The second-order valence-electron chi connectivity index (χ2n) is 7.29. The summed E-state index contributed by atoms with van der Waals surface area (Å²) < 4.78 is 41.0. The third-order valence-electron chi connectivity index (χ3n) is 5.23. The van der Waals surface area contributed by atoms with Gasteiger partial charge in [0.15, 0.2) is 0 Å². The average Bonchev–Trinajstić information content (AvgIpc) is 3.30. The molecular formula is C22H21ClFN3O3S2. The van der Waals surface area contributed by atoms with Crippen molar-refractivity contribution in [2.75, 3.05) is 31.1 Å². The first-order valence-electron chi connectivity index (χ1n) is 9.95. The number of hydrogen-bond donors (Lipinski definition) is 1. The molecule has 0 atom stereocenters. The lowest BCUT2D eigenvalue weighted by Gasteiger charge is -2.35. The lowest BCUT2D eigenvalue weighted by Crippen LogP contribution is -2.48. The zero-order valence-corrected chi connectivity index (χ0v) is 19.4. The van der Waals surface area contributed by atoms with E-state index in [1.54, 1.807) is 23.6 Å². The van der Waals surface area contributed by atoms with Crippen LogP contribution in [0.2, 0.25) is 5.02 Å². The van der Waals surface area contributed by atoms with Crippen LogP contribution < -0.4 is 10.2 Å². The lowest BCUT2D eigenvalue weighted by atomic mass is 10.2. The summed E-state index contributed by atoms with van der Waals surface area (Å²) in [4.78, 5) is 14.9. The molecule has 4 rings (SSSR count). The maximum absolute atomic E-state index is 13.3. The van der Waals surface area contributed by atoms with Gasteiger partial charge in [-0.25, -0.2) is 12.8 Å². The molecule has 2 aromatic carbocycles. The number of nitrogens with one attached hydrogen (secondary N) is 1. The van der Waals surface area contributed by atoms with E-state index in [9.17, 15) is 17.6 Å². The maximum atomic E-state index is 13.3. The van der Waals surface area contributed by atoms with Gasteiger partial charge < -0.3 is 10.2 Å². The van der Waals surface area contributed by atoms with Gasteiger partial charge in [-0.1, -0.05) is 29.8 Å². The summed E-state index contributed by atoms with van der Waals surface area (Å²) in [5, 5.41) is 4.95. The van der Waals surface area contributed by atoms with E-state index in [-0.39, 0.29) is 22.1 Å². The molecule has 1 N–H and O–H groups in total. The molecule has 0 bridgehead atoms. The number of carbonyl (C=O) groups is 1. The fourth-order valence-corrected chi connectivity index (χ4v) is 6.45. The molecule has 32 heavy (non-hydrogen) atoms. The van der Waals surface area contributed by atoms with Gasteiger partial charge in [0, 0.05) is 43.4 Å². The van der Waals surface area contributed by atoms with E-state index in [0.29, 0.717) is 31.2 Å². The SMILES string of the molecule is O=C(NCc1ccc(F)cc1)c1sccc1S(=O)(=O)N1CCN(c2cccc(Cl)c2)CC1. The Morgan fingerprint density at radius 3 is 2.47 bits per heavy atom. The molecule has 1 fully saturated rings. The van der Waals surface area contributed by atoms with E-state index >= 15 is 0 Å².